The molecule has 25 heavy (non-hydrogen) atoms. The van der Waals surface area contributed by atoms with Crippen LogP contribution in [0.3, 0.4) is 0 Å². The van der Waals surface area contributed by atoms with Crippen LogP contribution < -0.4 is 0 Å². The minimum Gasteiger partial charge on any atom is -0.469 e. The van der Waals surface area contributed by atoms with Crippen molar-refractivity contribution in [2.75, 3.05) is 7.11 Å². The van der Waals surface area contributed by atoms with E-state index in [1.165, 1.54) is 12.5 Å². The van der Waals surface area contributed by atoms with Gasteiger partial charge in [-0.15, -0.1) is 0 Å². The number of esters is 1. The molecule has 0 aliphatic carbocycles. The van der Waals surface area contributed by atoms with Crippen LogP contribution in [0, 0.1) is 5.92 Å². The molecule has 0 bridgehead atoms. The standard InChI is InChI=1S/C23H22O2/c1-17(12-13-18-8-4-3-5-9-18)22(23(24)25-2)21-15-14-19-10-6-7-11-20(19)16-21/h3-17,22H,1-2H3/b13-12+. The molecule has 0 amide bonds. The van der Waals surface area contributed by atoms with Crippen molar-refractivity contribution in [3.63, 3.8) is 0 Å². The van der Waals surface area contributed by atoms with E-state index in [4.69, 9.17) is 4.74 Å². The van der Waals surface area contributed by atoms with Gasteiger partial charge in [0.15, 0.2) is 0 Å². The predicted octanol–water partition coefficient (Wildman–Crippen LogP) is 5.45. The summed E-state index contributed by atoms with van der Waals surface area (Å²) in [6.45, 7) is 2.05. The summed E-state index contributed by atoms with van der Waals surface area (Å²) >= 11 is 0. The van der Waals surface area contributed by atoms with E-state index in [-0.39, 0.29) is 17.8 Å². The highest BCUT2D eigenvalue weighted by atomic mass is 16.5. The van der Waals surface area contributed by atoms with Gasteiger partial charge >= 0.3 is 5.97 Å². The lowest BCUT2D eigenvalue weighted by molar-refractivity contribution is -0.143. The molecule has 3 aromatic rings. The van der Waals surface area contributed by atoms with Gasteiger partial charge in [-0.25, -0.2) is 0 Å². The highest BCUT2D eigenvalue weighted by Gasteiger charge is 2.26. The van der Waals surface area contributed by atoms with Crippen molar-refractivity contribution >= 4 is 22.8 Å². The molecule has 0 aliphatic heterocycles. The Morgan fingerprint density at radius 2 is 1.60 bits per heavy atom. The second-order valence-corrected chi connectivity index (χ2v) is 6.24. The number of hydrogen-bond acceptors (Lipinski definition) is 2. The molecule has 2 heteroatoms. The minimum atomic E-state index is -0.324. The molecule has 0 spiro atoms. The Bertz CT molecular complexity index is 881. The van der Waals surface area contributed by atoms with Gasteiger partial charge in [0.05, 0.1) is 13.0 Å². The number of methoxy groups -OCH3 is 1. The van der Waals surface area contributed by atoms with Gasteiger partial charge in [0.2, 0.25) is 0 Å². The number of rotatable bonds is 5. The first-order valence-corrected chi connectivity index (χ1v) is 8.49. The Morgan fingerprint density at radius 1 is 0.920 bits per heavy atom. The lowest BCUT2D eigenvalue weighted by Crippen LogP contribution is -2.20. The summed E-state index contributed by atoms with van der Waals surface area (Å²) in [5, 5.41) is 2.30. The topological polar surface area (TPSA) is 26.3 Å². The zero-order valence-electron chi connectivity index (χ0n) is 14.6. The zero-order valence-corrected chi connectivity index (χ0v) is 14.6. The van der Waals surface area contributed by atoms with Crippen molar-refractivity contribution in [3.8, 4) is 0 Å². The summed E-state index contributed by atoms with van der Waals surface area (Å²) in [6.07, 6.45) is 4.13. The molecule has 0 aromatic heterocycles. The normalized spacial score (nSPS) is 13.7. The molecule has 0 heterocycles. The molecule has 3 rings (SSSR count). The molecule has 0 saturated carbocycles. The molecule has 0 saturated heterocycles. The predicted molar refractivity (Wildman–Crippen MR) is 103 cm³/mol. The molecule has 0 aliphatic rings. The highest BCUT2D eigenvalue weighted by Crippen LogP contribution is 2.30. The molecular weight excluding hydrogens is 308 g/mol. The largest absolute Gasteiger partial charge is 0.469 e. The Hall–Kier alpha value is -2.87. The summed E-state index contributed by atoms with van der Waals surface area (Å²) in [5.74, 6) is -0.510. The third-order valence-corrected chi connectivity index (χ3v) is 4.51. The minimum absolute atomic E-state index is 0.0221. The number of allylic oxidation sites excluding steroid dienone is 1. The Labute approximate surface area is 148 Å². The van der Waals surface area contributed by atoms with Gasteiger partial charge in [0.25, 0.3) is 0 Å². The van der Waals surface area contributed by atoms with Crippen LogP contribution in [0.1, 0.15) is 24.0 Å². The lowest BCUT2D eigenvalue weighted by atomic mass is 9.85. The van der Waals surface area contributed by atoms with Crippen molar-refractivity contribution in [2.45, 2.75) is 12.8 Å². The summed E-state index contributed by atoms with van der Waals surface area (Å²) in [6, 6.07) is 24.4. The quantitative estimate of drug-likeness (QED) is 0.582. The fourth-order valence-electron chi connectivity index (χ4n) is 3.12. The van der Waals surface area contributed by atoms with Gasteiger partial charge in [-0.1, -0.05) is 91.9 Å². The molecule has 3 aromatic carbocycles. The van der Waals surface area contributed by atoms with E-state index in [2.05, 4.69) is 43.3 Å². The summed E-state index contributed by atoms with van der Waals surface area (Å²) < 4.78 is 5.08. The SMILES string of the molecule is COC(=O)C(c1ccc2ccccc2c1)C(C)/C=C/c1ccccc1. The van der Waals surface area contributed by atoms with Gasteiger partial charge in [-0.3, -0.25) is 4.79 Å². The first kappa shape index (κ1) is 17.0. The van der Waals surface area contributed by atoms with E-state index in [0.717, 1.165) is 16.5 Å². The smallest absolute Gasteiger partial charge is 0.313 e. The molecule has 2 atom stereocenters. The fraction of sp³-hybridized carbons (Fsp3) is 0.174. The van der Waals surface area contributed by atoms with Crippen molar-refractivity contribution in [2.24, 2.45) is 5.92 Å². The highest BCUT2D eigenvalue weighted by molar-refractivity contribution is 5.86. The number of benzene rings is 3. The van der Waals surface area contributed by atoms with E-state index in [9.17, 15) is 4.79 Å². The molecule has 0 N–H and O–H groups in total. The number of fused-ring (bicyclic) bond motifs is 1. The molecular formula is C23H22O2. The Balaban J connectivity index is 1.92. The first-order valence-electron chi connectivity index (χ1n) is 8.49. The lowest BCUT2D eigenvalue weighted by Gasteiger charge is -2.20. The van der Waals surface area contributed by atoms with Crippen LogP contribution in [-0.4, -0.2) is 13.1 Å². The van der Waals surface area contributed by atoms with Gasteiger partial charge in [0, 0.05) is 0 Å². The summed E-state index contributed by atoms with van der Waals surface area (Å²) in [5.41, 5.74) is 2.10. The maximum atomic E-state index is 12.4. The molecule has 0 radical (unpaired) electrons. The fourth-order valence-corrected chi connectivity index (χ4v) is 3.12. The Kier molecular flexibility index (Phi) is 5.30. The van der Waals surface area contributed by atoms with Crippen molar-refractivity contribution < 1.29 is 9.53 Å². The van der Waals surface area contributed by atoms with Crippen LogP contribution in [0.4, 0.5) is 0 Å². The number of hydrogen-bond donors (Lipinski definition) is 0. The maximum Gasteiger partial charge on any atom is 0.313 e. The average Bonchev–Trinajstić information content (AvgIpc) is 2.67. The van der Waals surface area contributed by atoms with Gasteiger partial charge in [0.1, 0.15) is 0 Å². The molecule has 0 fully saturated rings. The van der Waals surface area contributed by atoms with E-state index in [1.54, 1.807) is 0 Å². The van der Waals surface area contributed by atoms with Crippen LogP contribution in [0.2, 0.25) is 0 Å². The molecule has 2 nitrogen and oxygen atoms in total. The maximum absolute atomic E-state index is 12.4. The van der Waals surface area contributed by atoms with Gasteiger partial charge < -0.3 is 4.74 Å². The molecule has 2 unspecified atom stereocenters. The first-order chi connectivity index (χ1) is 12.2. The van der Waals surface area contributed by atoms with Crippen molar-refractivity contribution in [1.29, 1.82) is 0 Å². The van der Waals surface area contributed by atoms with Crippen LogP contribution in [-0.2, 0) is 9.53 Å². The van der Waals surface area contributed by atoms with Crippen LogP contribution in [0.5, 0.6) is 0 Å². The van der Waals surface area contributed by atoms with Crippen LogP contribution >= 0.6 is 0 Å². The number of carbonyl (C=O) groups is 1. The Morgan fingerprint density at radius 3 is 2.32 bits per heavy atom. The van der Waals surface area contributed by atoms with Crippen molar-refractivity contribution in [3.05, 3.63) is 90.0 Å². The van der Waals surface area contributed by atoms with E-state index in [1.807, 2.05) is 48.5 Å². The van der Waals surface area contributed by atoms with E-state index >= 15 is 0 Å². The van der Waals surface area contributed by atoms with Crippen LogP contribution in [0.15, 0.2) is 78.9 Å². The van der Waals surface area contributed by atoms with Gasteiger partial charge in [-0.2, -0.15) is 0 Å². The van der Waals surface area contributed by atoms with Crippen LogP contribution in [0.25, 0.3) is 16.8 Å². The molecule has 126 valence electrons. The third kappa shape index (κ3) is 3.97. The van der Waals surface area contributed by atoms with E-state index < -0.39 is 0 Å². The zero-order chi connectivity index (χ0) is 17.6. The number of carbonyl (C=O) groups excluding carboxylic acids is 1. The summed E-state index contributed by atoms with van der Waals surface area (Å²) in [4.78, 5) is 12.4. The van der Waals surface area contributed by atoms with E-state index in [0.29, 0.717) is 0 Å². The van der Waals surface area contributed by atoms with Crippen molar-refractivity contribution in [1.82, 2.24) is 0 Å². The second kappa shape index (κ2) is 7.80. The average molecular weight is 330 g/mol. The monoisotopic (exact) mass is 330 g/mol. The third-order valence-electron chi connectivity index (χ3n) is 4.51. The number of ether oxygens (including phenoxy) is 1. The second-order valence-electron chi connectivity index (χ2n) is 6.24. The van der Waals surface area contributed by atoms with Gasteiger partial charge in [-0.05, 0) is 27.8 Å². The summed E-state index contributed by atoms with van der Waals surface area (Å²) in [7, 11) is 1.45.